The summed E-state index contributed by atoms with van der Waals surface area (Å²) in [5.74, 6) is -0.0500. The molecule has 0 aliphatic carbocycles. The van der Waals surface area contributed by atoms with Crippen LogP contribution in [0.15, 0.2) is 76.5 Å². The molecule has 5 heteroatoms. The van der Waals surface area contributed by atoms with Gasteiger partial charge in [0.2, 0.25) is 0 Å². The topological polar surface area (TPSA) is 32.3 Å². The molecule has 1 atom stereocenters. The molecule has 1 unspecified atom stereocenters. The zero-order chi connectivity index (χ0) is 20.5. The first-order chi connectivity index (χ1) is 13.9. The summed E-state index contributed by atoms with van der Waals surface area (Å²) >= 11 is 7.88. The molecule has 0 radical (unpaired) electrons. The van der Waals surface area contributed by atoms with Crippen molar-refractivity contribution in [3.63, 3.8) is 0 Å². The number of anilines is 1. The quantitative estimate of drug-likeness (QED) is 0.547. The molecular formula is C24H23ClN2OS. The van der Waals surface area contributed by atoms with Crippen molar-refractivity contribution >= 4 is 35.0 Å². The minimum absolute atomic E-state index is 0.0284. The van der Waals surface area contributed by atoms with Gasteiger partial charge in [0.05, 0.1) is 11.7 Å². The fourth-order valence-electron chi connectivity index (χ4n) is 3.68. The molecule has 1 aliphatic heterocycles. The van der Waals surface area contributed by atoms with Crippen LogP contribution in [0.1, 0.15) is 41.4 Å². The lowest BCUT2D eigenvalue weighted by atomic mass is 9.96. The van der Waals surface area contributed by atoms with Crippen LogP contribution in [0.25, 0.3) is 0 Å². The third kappa shape index (κ3) is 4.00. The number of nitrogens with one attached hydrogen (secondary N) is 1. The Morgan fingerprint density at radius 3 is 2.48 bits per heavy atom. The summed E-state index contributed by atoms with van der Waals surface area (Å²) in [5, 5.41) is 3.71. The van der Waals surface area contributed by atoms with Crippen molar-refractivity contribution in [1.29, 1.82) is 0 Å². The monoisotopic (exact) mass is 422 g/mol. The standard InChI is InChI=1S/C24H23ClN2OS/c1-15(2)26-24(28)17-10-13-22-20(14-17)27(3)23(16-8-11-18(25)12-9-16)19-6-4-5-7-21(19)29-22/h4-15,23H,1-3H3,(H,26,28). The molecule has 0 saturated carbocycles. The van der Waals surface area contributed by atoms with E-state index in [1.54, 1.807) is 11.8 Å². The van der Waals surface area contributed by atoms with Crippen molar-refractivity contribution in [2.45, 2.75) is 35.7 Å². The lowest BCUT2D eigenvalue weighted by Gasteiger charge is -2.31. The van der Waals surface area contributed by atoms with Crippen LogP contribution in [-0.2, 0) is 0 Å². The molecule has 1 aliphatic rings. The van der Waals surface area contributed by atoms with Crippen LogP contribution in [-0.4, -0.2) is 19.0 Å². The first-order valence-corrected chi connectivity index (χ1v) is 10.8. The van der Waals surface area contributed by atoms with Crippen LogP contribution in [0.2, 0.25) is 5.02 Å². The van der Waals surface area contributed by atoms with Gasteiger partial charge < -0.3 is 10.2 Å². The predicted molar refractivity (Wildman–Crippen MR) is 121 cm³/mol. The van der Waals surface area contributed by atoms with Crippen molar-refractivity contribution in [3.8, 4) is 0 Å². The maximum absolute atomic E-state index is 12.6. The fourth-order valence-corrected chi connectivity index (χ4v) is 4.93. The maximum Gasteiger partial charge on any atom is 0.251 e. The number of hydrogen-bond acceptors (Lipinski definition) is 3. The van der Waals surface area contributed by atoms with Crippen molar-refractivity contribution in [2.24, 2.45) is 0 Å². The number of halogens is 1. The summed E-state index contributed by atoms with van der Waals surface area (Å²) in [6, 6.07) is 22.6. The van der Waals surface area contributed by atoms with Crippen molar-refractivity contribution in [1.82, 2.24) is 5.32 Å². The van der Waals surface area contributed by atoms with E-state index in [1.165, 1.54) is 10.5 Å². The SMILES string of the molecule is CC(C)NC(=O)c1ccc2c(c1)N(C)C(c1ccc(Cl)cc1)c1ccccc1S2. The van der Waals surface area contributed by atoms with Crippen LogP contribution < -0.4 is 10.2 Å². The van der Waals surface area contributed by atoms with Crippen LogP contribution in [0.4, 0.5) is 5.69 Å². The fraction of sp³-hybridized carbons (Fsp3) is 0.208. The second-order valence-corrected chi connectivity index (χ2v) is 9.04. The highest BCUT2D eigenvalue weighted by Crippen LogP contribution is 2.47. The number of hydrogen-bond donors (Lipinski definition) is 1. The Balaban J connectivity index is 1.84. The number of rotatable bonds is 3. The van der Waals surface area contributed by atoms with E-state index in [2.05, 4.69) is 53.7 Å². The van der Waals surface area contributed by atoms with E-state index < -0.39 is 0 Å². The highest BCUT2D eigenvalue weighted by atomic mass is 35.5. The predicted octanol–water partition coefficient (Wildman–Crippen LogP) is 6.17. The lowest BCUT2D eigenvalue weighted by molar-refractivity contribution is 0.0943. The Bertz CT molecular complexity index is 1050. The smallest absolute Gasteiger partial charge is 0.251 e. The molecule has 3 nitrogen and oxygen atoms in total. The van der Waals surface area contributed by atoms with Crippen LogP contribution in [0, 0.1) is 0 Å². The number of benzene rings is 3. The van der Waals surface area contributed by atoms with E-state index in [4.69, 9.17) is 11.6 Å². The van der Waals surface area contributed by atoms with Gasteiger partial charge in [-0.2, -0.15) is 0 Å². The van der Waals surface area contributed by atoms with Gasteiger partial charge in [0.25, 0.3) is 5.91 Å². The van der Waals surface area contributed by atoms with E-state index in [0.717, 1.165) is 21.2 Å². The summed E-state index contributed by atoms with van der Waals surface area (Å²) in [5.41, 5.74) is 4.12. The zero-order valence-corrected chi connectivity index (χ0v) is 18.2. The Morgan fingerprint density at radius 1 is 1.03 bits per heavy atom. The summed E-state index contributed by atoms with van der Waals surface area (Å²) in [7, 11) is 2.09. The van der Waals surface area contributed by atoms with Gasteiger partial charge >= 0.3 is 0 Å². The van der Waals surface area contributed by atoms with Gasteiger partial charge in [0, 0.05) is 33.5 Å². The summed E-state index contributed by atoms with van der Waals surface area (Å²) in [6.45, 7) is 3.94. The number of carbonyl (C=O) groups excluding carboxylic acids is 1. The Hall–Kier alpha value is -2.43. The van der Waals surface area contributed by atoms with E-state index in [-0.39, 0.29) is 18.0 Å². The number of amides is 1. The largest absolute Gasteiger partial charge is 0.362 e. The minimum atomic E-state index is -0.0500. The summed E-state index contributed by atoms with van der Waals surface area (Å²) < 4.78 is 0. The summed E-state index contributed by atoms with van der Waals surface area (Å²) in [6.07, 6.45) is 0. The number of fused-ring (bicyclic) bond motifs is 2. The third-order valence-electron chi connectivity index (χ3n) is 5.03. The summed E-state index contributed by atoms with van der Waals surface area (Å²) in [4.78, 5) is 17.2. The van der Waals surface area contributed by atoms with Crippen molar-refractivity contribution in [3.05, 3.63) is 88.4 Å². The minimum Gasteiger partial charge on any atom is -0.362 e. The Morgan fingerprint density at radius 2 is 1.76 bits per heavy atom. The van der Waals surface area contributed by atoms with Gasteiger partial charge in [0.1, 0.15) is 0 Å². The molecule has 4 rings (SSSR count). The average Bonchev–Trinajstić information content (AvgIpc) is 2.82. The maximum atomic E-state index is 12.6. The van der Waals surface area contributed by atoms with Crippen LogP contribution >= 0.6 is 23.4 Å². The van der Waals surface area contributed by atoms with Crippen molar-refractivity contribution < 1.29 is 4.79 Å². The third-order valence-corrected chi connectivity index (χ3v) is 6.44. The molecule has 3 aromatic rings. The first kappa shape index (κ1) is 19.9. The molecule has 1 amide bonds. The molecule has 0 spiro atoms. The van der Waals surface area contributed by atoms with Crippen LogP contribution in [0.5, 0.6) is 0 Å². The second-order valence-electron chi connectivity index (χ2n) is 7.52. The number of carbonyl (C=O) groups is 1. The van der Waals surface area contributed by atoms with E-state index in [1.807, 2.05) is 44.2 Å². The molecule has 1 heterocycles. The van der Waals surface area contributed by atoms with E-state index in [0.29, 0.717) is 5.56 Å². The van der Waals surface area contributed by atoms with Crippen LogP contribution in [0.3, 0.4) is 0 Å². The highest BCUT2D eigenvalue weighted by Gasteiger charge is 2.28. The van der Waals surface area contributed by atoms with E-state index >= 15 is 0 Å². The highest BCUT2D eigenvalue weighted by molar-refractivity contribution is 7.99. The lowest BCUT2D eigenvalue weighted by Crippen LogP contribution is -2.30. The van der Waals surface area contributed by atoms with Gasteiger partial charge in [0.15, 0.2) is 0 Å². The molecule has 0 aromatic heterocycles. The van der Waals surface area contributed by atoms with Crippen molar-refractivity contribution in [2.75, 3.05) is 11.9 Å². The molecule has 148 valence electrons. The Kier molecular flexibility index (Phi) is 5.57. The van der Waals surface area contributed by atoms with Gasteiger partial charge in [-0.3, -0.25) is 4.79 Å². The molecule has 1 N–H and O–H groups in total. The van der Waals surface area contributed by atoms with Gasteiger partial charge in [-0.25, -0.2) is 0 Å². The van der Waals surface area contributed by atoms with Gasteiger partial charge in [-0.05, 0) is 61.4 Å². The molecule has 29 heavy (non-hydrogen) atoms. The normalized spacial score (nSPS) is 15.5. The molecule has 0 saturated heterocycles. The molecule has 0 bridgehead atoms. The molecular weight excluding hydrogens is 400 g/mol. The Labute approximate surface area is 181 Å². The molecule has 3 aromatic carbocycles. The first-order valence-electron chi connectivity index (χ1n) is 9.64. The molecule has 0 fully saturated rings. The second kappa shape index (κ2) is 8.13. The average molecular weight is 423 g/mol. The van der Waals surface area contributed by atoms with Gasteiger partial charge in [-0.15, -0.1) is 0 Å². The van der Waals surface area contributed by atoms with E-state index in [9.17, 15) is 4.79 Å². The van der Waals surface area contributed by atoms with Gasteiger partial charge in [-0.1, -0.05) is 53.7 Å². The number of nitrogens with zero attached hydrogens (tertiary/aromatic N) is 1. The zero-order valence-electron chi connectivity index (χ0n) is 16.6.